The number of carboxylic acid groups (broad SMARTS) is 1. The van der Waals surface area contributed by atoms with Gasteiger partial charge in [-0.1, -0.05) is 19.4 Å². The van der Waals surface area contributed by atoms with E-state index >= 15 is 0 Å². The molecule has 5 heteroatoms. The van der Waals surface area contributed by atoms with Gasteiger partial charge >= 0.3 is 5.97 Å². The number of carbonyl (C=O) groups is 1. The molecule has 1 aromatic carbocycles. The lowest BCUT2D eigenvalue weighted by molar-refractivity contribution is -0.144. The number of rotatable bonds is 6. The molecule has 0 amide bonds. The van der Waals surface area contributed by atoms with E-state index in [1.807, 2.05) is 25.1 Å². The molecule has 2 N–H and O–H groups in total. The highest BCUT2D eigenvalue weighted by Gasteiger charge is 2.31. The maximum absolute atomic E-state index is 11.3. The first-order valence-corrected chi connectivity index (χ1v) is 7.40. The molecule has 0 radical (unpaired) electrons. The van der Waals surface area contributed by atoms with Gasteiger partial charge in [-0.15, -0.1) is 0 Å². The minimum absolute atomic E-state index is 0.536. The maximum Gasteiger partial charge on any atom is 0.323 e. The molecule has 0 fully saturated rings. The van der Waals surface area contributed by atoms with Crippen LogP contribution in [-0.2, 0) is 11.3 Å². The van der Waals surface area contributed by atoms with Crippen LogP contribution >= 0.6 is 31.9 Å². The third-order valence-corrected chi connectivity index (χ3v) is 4.77. The second-order valence-electron chi connectivity index (χ2n) is 4.49. The summed E-state index contributed by atoms with van der Waals surface area (Å²) >= 11 is 6.84. The number of aliphatic carboxylic acids is 1. The fourth-order valence-electron chi connectivity index (χ4n) is 1.72. The average molecular weight is 379 g/mol. The van der Waals surface area contributed by atoms with Crippen LogP contribution < -0.4 is 5.32 Å². The number of hydrogen-bond donors (Lipinski definition) is 2. The molecule has 0 saturated heterocycles. The van der Waals surface area contributed by atoms with E-state index in [-0.39, 0.29) is 0 Å². The van der Waals surface area contributed by atoms with E-state index in [4.69, 9.17) is 0 Å². The maximum atomic E-state index is 11.3. The first kappa shape index (κ1) is 15.7. The van der Waals surface area contributed by atoms with Crippen LogP contribution in [0.3, 0.4) is 0 Å². The summed E-state index contributed by atoms with van der Waals surface area (Å²) in [5, 5.41) is 12.4. The Balaban J connectivity index is 2.73. The molecule has 100 valence electrons. The van der Waals surface area contributed by atoms with Crippen LogP contribution in [0.1, 0.15) is 32.3 Å². The van der Waals surface area contributed by atoms with E-state index in [1.165, 1.54) is 0 Å². The van der Waals surface area contributed by atoms with Crippen molar-refractivity contribution < 1.29 is 9.90 Å². The molecule has 0 aliphatic rings. The zero-order valence-corrected chi connectivity index (χ0v) is 13.6. The SMILES string of the molecule is CCCC(C)(NCc1ccc(Br)c(Br)c1)C(=O)O. The van der Waals surface area contributed by atoms with Gasteiger partial charge in [0.05, 0.1) is 0 Å². The molecule has 1 unspecified atom stereocenters. The Hall–Kier alpha value is -0.390. The summed E-state index contributed by atoms with van der Waals surface area (Å²) in [5.41, 5.74) is 0.183. The normalized spacial score (nSPS) is 14.2. The minimum atomic E-state index is -0.867. The van der Waals surface area contributed by atoms with Crippen molar-refractivity contribution >= 4 is 37.8 Å². The lowest BCUT2D eigenvalue weighted by atomic mass is 9.96. The van der Waals surface area contributed by atoms with E-state index in [2.05, 4.69) is 37.2 Å². The highest BCUT2D eigenvalue weighted by Crippen LogP contribution is 2.24. The second kappa shape index (κ2) is 6.68. The van der Waals surface area contributed by atoms with Gasteiger partial charge in [0.25, 0.3) is 0 Å². The van der Waals surface area contributed by atoms with Crippen LogP contribution in [0, 0.1) is 0 Å². The fraction of sp³-hybridized carbons (Fsp3) is 0.462. The van der Waals surface area contributed by atoms with E-state index in [1.54, 1.807) is 6.92 Å². The molecule has 0 spiro atoms. The quantitative estimate of drug-likeness (QED) is 0.787. The third kappa shape index (κ3) is 4.07. The van der Waals surface area contributed by atoms with Crippen molar-refractivity contribution in [3.63, 3.8) is 0 Å². The Morgan fingerprint density at radius 1 is 1.39 bits per heavy atom. The van der Waals surface area contributed by atoms with Gasteiger partial charge in [0.1, 0.15) is 5.54 Å². The molecule has 0 aliphatic carbocycles. The van der Waals surface area contributed by atoms with Gasteiger partial charge in [0, 0.05) is 15.5 Å². The van der Waals surface area contributed by atoms with Gasteiger partial charge in [0.2, 0.25) is 0 Å². The number of halogens is 2. The van der Waals surface area contributed by atoms with Crippen LogP contribution in [0.2, 0.25) is 0 Å². The Morgan fingerprint density at radius 3 is 2.56 bits per heavy atom. The first-order chi connectivity index (χ1) is 8.39. The molecule has 0 bridgehead atoms. The van der Waals surface area contributed by atoms with E-state index in [9.17, 15) is 9.90 Å². The van der Waals surface area contributed by atoms with Crippen LogP contribution in [-0.4, -0.2) is 16.6 Å². The van der Waals surface area contributed by atoms with Crippen LogP contribution in [0.4, 0.5) is 0 Å². The van der Waals surface area contributed by atoms with E-state index < -0.39 is 11.5 Å². The van der Waals surface area contributed by atoms with Gasteiger partial charge in [-0.2, -0.15) is 0 Å². The number of benzene rings is 1. The molecule has 1 atom stereocenters. The van der Waals surface area contributed by atoms with Gasteiger partial charge < -0.3 is 5.11 Å². The van der Waals surface area contributed by atoms with Crippen molar-refractivity contribution in [1.82, 2.24) is 5.32 Å². The fourth-order valence-corrected chi connectivity index (χ4v) is 2.39. The summed E-state index contributed by atoms with van der Waals surface area (Å²) in [6, 6.07) is 5.89. The van der Waals surface area contributed by atoms with Crippen molar-refractivity contribution in [3.05, 3.63) is 32.7 Å². The summed E-state index contributed by atoms with van der Waals surface area (Å²) in [7, 11) is 0. The predicted molar refractivity (Wildman–Crippen MR) is 79.6 cm³/mol. The molecule has 3 nitrogen and oxygen atoms in total. The summed E-state index contributed by atoms with van der Waals surface area (Å²) in [4.78, 5) is 11.3. The summed E-state index contributed by atoms with van der Waals surface area (Å²) in [6.07, 6.45) is 1.44. The monoisotopic (exact) mass is 377 g/mol. The lowest BCUT2D eigenvalue weighted by Gasteiger charge is -2.26. The number of hydrogen-bond acceptors (Lipinski definition) is 2. The molecule has 0 heterocycles. The molecule has 0 saturated carbocycles. The summed E-state index contributed by atoms with van der Waals surface area (Å²) < 4.78 is 1.95. The standard InChI is InChI=1S/C13H17Br2NO2/c1-3-6-13(2,12(17)18)16-8-9-4-5-10(14)11(15)7-9/h4-5,7,16H,3,6,8H2,1-2H3,(H,17,18). The Kier molecular flexibility index (Phi) is 5.82. The smallest absolute Gasteiger partial charge is 0.323 e. The molecule has 18 heavy (non-hydrogen) atoms. The number of carboxylic acids is 1. The van der Waals surface area contributed by atoms with Gasteiger partial charge in [-0.3, -0.25) is 10.1 Å². The van der Waals surface area contributed by atoms with Gasteiger partial charge in [0.15, 0.2) is 0 Å². The predicted octanol–water partition coefficient (Wildman–Crippen LogP) is 3.94. The average Bonchev–Trinajstić information content (AvgIpc) is 2.31. The third-order valence-electron chi connectivity index (χ3n) is 2.89. The minimum Gasteiger partial charge on any atom is -0.480 e. The van der Waals surface area contributed by atoms with E-state index in [0.717, 1.165) is 20.9 Å². The van der Waals surface area contributed by atoms with Crippen LogP contribution in [0.5, 0.6) is 0 Å². The van der Waals surface area contributed by atoms with Gasteiger partial charge in [-0.05, 0) is 62.9 Å². The largest absolute Gasteiger partial charge is 0.480 e. The molecule has 0 aliphatic heterocycles. The molecule has 0 aromatic heterocycles. The second-order valence-corrected chi connectivity index (χ2v) is 6.20. The first-order valence-electron chi connectivity index (χ1n) is 5.81. The molecule has 1 aromatic rings. The van der Waals surface area contributed by atoms with Crippen molar-refractivity contribution in [3.8, 4) is 0 Å². The molecular weight excluding hydrogens is 362 g/mol. The van der Waals surface area contributed by atoms with Crippen molar-refractivity contribution in [2.24, 2.45) is 0 Å². The highest BCUT2D eigenvalue weighted by atomic mass is 79.9. The Morgan fingerprint density at radius 2 is 2.06 bits per heavy atom. The van der Waals surface area contributed by atoms with Crippen LogP contribution in [0.15, 0.2) is 27.1 Å². The zero-order chi connectivity index (χ0) is 13.8. The number of nitrogens with one attached hydrogen (secondary N) is 1. The van der Waals surface area contributed by atoms with Gasteiger partial charge in [-0.25, -0.2) is 0 Å². The highest BCUT2D eigenvalue weighted by molar-refractivity contribution is 9.13. The van der Waals surface area contributed by atoms with E-state index in [0.29, 0.717) is 13.0 Å². The molecule has 1 rings (SSSR count). The van der Waals surface area contributed by atoms with Crippen molar-refractivity contribution in [2.45, 2.75) is 38.8 Å². The summed E-state index contributed by atoms with van der Waals surface area (Å²) in [5.74, 6) is -0.805. The lowest BCUT2D eigenvalue weighted by Crippen LogP contribution is -2.48. The Bertz CT molecular complexity index is 437. The molecular formula is C13H17Br2NO2. The topological polar surface area (TPSA) is 49.3 Å². The van der Waals surface area contributed by atoms with Crippen molar-refractivity contribution in [1.29, 1.82) is 0 Å². The van der Waals surface area contributed by atoms with Crippen LogP contribution in [0.25, 0.3) is 0 Å². The summed E-state index contributed by atoms with van der Waals surface area (Å²) in [6.45, 7) is 4.25. The Labute approximate surface area is 124 Å². The van der Waals surface area contributed by atoms with Crippen molar-refractivity contribution in [2.75, 3.05) is 0 Å². The zero-order valence-electron chi connectivity index (χ0n) is 10.5.